The molecule has 1 saturated heterocycles. The second-order valence-electron chi connectivity index (χ2n) is 6.84. The fraction of sp³-hybridized carbons (Fsp3) is 0.632. The van der Waals surface area contributed by atoms with Gasteiger partial charge in [-0.15, -0.1) is 24.8 Å². The number of benzene rings is 1. The first-order chi connectivity index (χ1) is 10.9. The van der Waals surface area contributed by atoms with E-state index >= 15 is 0 Å². The van der Waals surface area contributed by atoms with Crippen LogP contribution in [0.3, 0.4) is 0 Å². The fourth-order valence-corrected chi connectivity index (χ4v) is 3.16. The zero-order valence-electron chi connectivity index (χ0n) is 16.0. The molecular weight excluding hydrogens is 357 g/mol. The molecule has 1 N–H and O–H groups in total. The molecule has 144 valence electrons. The zero-order chi connectivity index (χ0) is 17.0. The van der Waals surface area contributed by atoms with E-state index in [1.54, 1.807) is 0 Å². The number of rotatable bonds is 5. The van der Waals surface area contributed by atoms with Gasteiger partial charge in [-0.2, -0.15) is 0 Å². The highest BCUT2D eigenvalue weighted by Gasteiger charge is 2.28. The van der Waals surface area contributed by atoms with Crippen molar-refractivity contribution in [3.8, 4) is 0 Å². The Morgan fingerprint density at radius 3 is 2.36 bits per heavy atom. The molecule has 1 heterocycles. The van der Waals surface area contributed by atoms with Crippen LogP contribution in [-0.4, -0.2) is 53.5 Å². The van der Waals surface area contributed by atoms with Gasteiger partial charge in [-0.1, -0.05) is 19.1 Å². The lowest BCUT2D eigenvalue weighted by Gasteiger charge is -2.38. The van der Waals surface area contributed by atoms with Crippen LogP contribution in [0.15, 0.2) is 24.3 Å². The molecule has 0 saturated carbocycles. The highest BCUT2D eigenvalue weighted by atomic mass is 35.5. The van der Waals surface area contributed by atoms with E-state index in [0.29, 0.717) is 12.1 Å². The fourth-order valence-electron chi connectivity index (χ4n) is 3.16. The van der Waals surface area contributed by atoms with Crippen molar-refractivity contribution in [1.82, 2.24) is 15.1 Å². The molecule has 2 atom stereocenters. The molecule has 0 bridgehead atoms. The number of carbonyl (C=O) groups is 1. The van der Waals surface area contributed by atoms with Crippen molar-refractivity contribution >= 4 is 30.7 Å². The van der Waals surface area contributed by atoms with Crippen molar-refractivity contribution in [2.75, 3.05) is 19.6 Å². The van der Waals surface area contributed by atoms with Gasteiger partial charge in [0.2, 0.25) is 0 Å². The highest BCUT2D eigenvalue weighted by molar-refractivity contribution is 5.94. The van der Waals surface area contributed by atoms with Crippen molar-refractivity contribution in [2.24, 2.45) is 0 Å². The summed E-state index contributed by atoms with van der Waals surface area (Å²) in [6, 6.07) is 9.24. The molecule has 0 radical (unpaired) electrons. The number of piperazine rings is 1. The number of hydrogen-bond donors (Lipinski definition) is 1. The highest BCUT2D eigenvalue weighted by Crippen LogP contribution is 2.15. The molecule has 1 aromatic carbocycles. The van der Waals surface area contributed by atoms with Gasteiger partial charge in [-0.3, -0.25) is 9.69 Å². The lowest BCUT2D eigenvalue weighted by Crippen LogP contribution is -2.57. The van der Waals surface area contributed by atoms with E-state index < -0.39 is 0 Å². The SMILES string of the molecule is CCN(Cc1ccc(C(=O)N2CCNC(C)C2C)cc1)C(C)C.Cl.Cl. The maximum Gasteiger partial charge on any atom is 0.254 e. The van der Waals surface area contributed by atoms with E-state index in [1.165, 1.54) is 5.56 Å². The number of nitrogens with one attached hydrogen (secondary N) is 1. The van der Waals surface area contributed by atoms with Gasteiger partial charge < -0.3 is 10.2 Å². The van der Waals surface area contributed by atoms with E-state index in [0.717, 1.165) is 31.7 Å². The summed E-state index contributed by atoms with van der Waals surface area (Å²) in [5.74, 6) is 0.147. The lowest BCUT2D eigenvalue weighted by molar-refractivity contribution is 0.0603. The predicted octanol–water partition coefficient (Wildman–Crippen LogP) is 3.58. The molecule has 0 spiro atoms. The molecule has 1 aromatic rings. The monoisotopic (exact) mass is 389 g/mol. The second-order valence-corrected chi connectivity index (χ2v) is 6.84. The maximum atomic E-state index is 12.7. The minimum absolute atomic E-state index is 0. The Bertz CT molecular complexity index is 522. The summed E-state index contributed by atoms with van der Waals surface area (Å²) in [7, 11) is 0. The van der Waals surface area contributed by atoms with Gasteiger partial charge >= 0.3 is 0 Å². The summed E-state index contributed by atoms with van der Waals surface area (Å²) in [6.07, 6.45) is 0. The molecule has 4 nitrogen and oxygen atoms in total. The van der Waals surface area contributed by atoms with Gasteiger partial charge in [0, 0.05) is 43.3 Å². The Morgan fingerprint density at radius 1 is 1.24 bits per heavy atom. The molecule has 0 aromatic heterocycles. The molecule has 1 fully saturated rings. The van der Waals surface area contributed by atoms with Crippen LogP contribution in [0.4, 0.5) is 0 Å². The van der Waals surface area contributed by atoms with Gasteiger partial charge in [-0.25, -0.2) is 0 Å². The predicted molar refractivity (Wildman–Crippen MR) is 110 cm³/mol. The number of carbonyl (C=O) groups excluding carboxylic acids is 1. The summed E-state index contributed by atoms with van der Waals surface area (Å²) in [5, 5.41) is 3.42. The van der Waals surface area contributed by atoms with Crippen LogP contribution in [-0.2, 0) is 6.54 Å². The van der Waals surface area contributed by atoms with Crippen LogP contribution in [0, 0.1) is 0 Å². The molecule has 2 rings (SSSR count). The van der Waals surface area contributed by atoms with Gasteiger partial charge in [0.25, 0.3) is 5.91 Å². The number of halogens is 2. The smallest absolute Gasteiger partial charge is 0.254 e. The van der Waals surface area contributed by atoms with Crippen LogP contribution in [0.1, 0.15) is 50.5 Å². The minimum Gasteiger partial charge on any atom is -0.333 e. The second kappa shape index (κ2) is 11.0. The Labute approximate surface area is 165 Å². The number of amides is 1. The summed E-state index contributed by atoms with van der Waals surface area (Å²) in [4.78, 5) is 17.1. The van der Waals surface area contributed by atoms with E-state index in [-0.39, 0.29) is 36.8 Å². The topological polar surface area (TPSA) is 35.6 Å². The molecule has 6 heteroatoms. The molecular formula is C19H33Cl2N3O. The third-order valence-electron chi connectivity index (χ3n) is 5.02. The van der Waals surface area contributed by atoms with Crippen LogP contribution in [0.2, 0.25) is 0 Å². The van der Waals surface area contributed by atoms with E-state index in [2.05, 4.69) is 57.0 Å². The van der Waals surface area contributed by atoms with Gasteiger partial charge in [0.1, 0.15) is 0 Å². The first kappa shape index (κ1) is 24.2. The van der Waals surface area contributed by atoms with Crippen LogP contribution in [0.5, 0.6) is 0 Å². The standard InChI is InChI=1S/C19H31N3O.2ClH/c1-6-21(14(2)3)13-17-7-9-18(10-8-17)19(23)22-12-11-20-15(4)16(22)5;;/h7-10,14-16,20H,6,11-13H2,1-5H3;2*1H. The molecule has 0 aliphatic carbocycles. The Morgan fingerprint density at radius 2 is 1.84 bits per heavy atom. The van der Waals surface area contributed by atoms with Crippen LogP contribution >= 0.6 is 24.8 Å². The Kier molecular flexibility index (Phi) is 10.7. The van der Waals surface area contributed by atoms with Crippen molar-refractivity contribution in [3.63, 3.8) is 0 Å². The third-order valence-corrected chi connectivity index (χ3v) is 5.02. The van der Waals surface area contributed by atoms with Crippen LogP contribution in [0.25, 0.3) is 0 Å². The Balaban J connectivity index is 0.00000288. The van der Waals surface area contributed by atoms with Gasteiger partial charge in [0.15, 0.2) is 0 Å². The quantitative estimate of drug-likeness (QED) is 0.835. The lowest BCUT2D eigenvalue weighted by atomic mass is 10.0. The first-order valence-electron chi connectivity index (χ1n) is 8.81. The number of hydrogen-bond acceptors (Lipinski definition) is 3. The summed E-state index contributed by atoms with van der Waals surface area (Å²) in [6.45, 7) is 14.5. The van der Waals surface area contributed by atoms with E-state index in [1.807, 2.05) is 17.0 Å². The van der Waals surface area contributed by atoms with Crippen molar-refractivity contribution in [3.05, 3.63) is 35.4 Å². The summed E-state index contributed by atoms with van der Waals surface area (Å²) >= 11 is 0. The van der Waals surface area contributed by atoms with Gasteiger partial charge in [0.05, 0.1) is 0 Å². The molecule has 2 unspecified atom stereocenters. The Hall–Kier alpha value is -0.810. The average Bonchev–Trinajstić information content (AvgIpc) is 2.55. The van der Waals surface area contributed by atoms with Crippen molar-refractivity contribution < 1.29 is 4.79 Å². The number of nitrogens with zero attached hydrogens (tertiary/aromatic N) is 2. The summed E-state index contributed by atoms with van der Waals surface area (Å²) in [5.41, 5.74) is 2.06. The first-order valence-corrected chi connectivity index (χ1v) is 8.81. The largest absolute Gasteiger partial charge is 0.333 e. The summed E-state index contributed by atoms with van der Waals surface area (Å²) < 4.78 is 0. The van der Waals surface area contributed by atoms with Crippen molar-refractivity contribution in [1.29, 1.82) is 0 Å². The minimum atomic E-state index is 0. The molecule has 1 aliphatic heterocycles. The van der Waals surface area contributed by atoms with E-state index in [4.69, 9.17) is 0 Å². The average molecular weight is 390 g/mol. The maximum absolute atomic E-state index is 12.7. The third kappa shape index (κ3) is 6.14. The van der Waals surface area contributed by atoms with E-state index in [9.17, 15) is 4.79 Å². The molecule has 1 amide bonds. The normalized spacial score (nSPS) is 20.2. The van der Waals surface area contributed by atoms with Crippen molar-refractivity contribution in [2.45, 2.75) is 59.3 Å². The van der Waals surface area contributed by atoms with Gasteiger partial charge in [-0.05, 0) is 51.9 Å². The van der Waals surface area contributed by atoms with Crippen LogP contribution < -0.4 is 5.32 Å². The molecule has 1 aliphatic rings. The molecule has 25 heavy (non-hydrogen) atoms. The zero-order valence-corrected chi connectivity index (χ0v) is 17.6.